The Bertz CT molecular complexity index is 3560. The highest BCUT2D eigenvalue weighted by Gasteiger charge is 2.19. The summed E-state index contributed by atoms with van der Waals surface area (Å²) in [7, 11) is 3.72. The van der Waals surface area contributed by atoms with Crippen molar-refractivity contribution in [1.82, 2.24) is 49.1 Å². The first-order valence-corrected chi connectivity index (χ1v) is 23.3. The molecule has 4 aromatic carbocycles. The lowest BCUT2D eigenvalue weighted by molar-refractivity contribution is 0.233. The largest absolute Gasteiger partial charge is 0.475 e. The Hall–Kier alpha value is -6.31. The molecule has 6 aromatic heterocycles. The summed E-state index contributed by atoms with van der Waals surface area (Å²) in [6.07, 6.45) is 3.77. The molecule has 0 unspecified atom stereocenters. The number of alkyl halides is 1. The van der Waals surface area contributed by atoms with E-state index >= 15 is 0 Å². The maximum atomic E-state index is 13.7. The number of nitrogens with one attached hydrogen (secondary N) is 1. The number of hydrogen-bond donors (Lipinski definition) is 1. The first-order chi connectivity index (χ1) is 31.1. The molecule has 0 atom stereocenters. The van der Waals surface area contributed by atoms with E-state index in [1.807, 2.05) is 131 Å². The Labute approximate surface area is 402 Å². The SMILES string of the molecule is CC(C)I.CC(C)Oc1ccc2nn(-c3ccc4nn(C)cc4c3)c(=O)c(-c3ccc(Br)cc3)c2n1.Cn1cc2cc(-n3nc4ccc(=O)[nH]c4c(-c4ccc(Br)cc4)c3=O)ccc2n1. The molecule has 10 rings (SSSR count). The summed E-state index contributed by atoms with van der Waals surface area (Å²) >= 11 is 9.22. The van der Waals surface area contributed by atoms with Crippen molar-refractivity contribution >= 4 is 98.3 Å². The van der Waals surface area contributed by atoms with Gasteiger partial charge in [-0.3, -0.25) is 23.7 Å². The average molecular weight is 1110 g/mol. The zero-order valence-corrected chi connectivity index (χ0v) is 41.3. The smallest absolute Gasteiger partial charge is 0.281 e. The summed E-state index contributed by atoms with van der Waals surface area (Å²) < 4.78 is 14.7. The molecule has 0 aliphatic carbocycles. The first kappa shape index (κ1) is 45.3. The van der Waals surface area contributed by atoms with Gasteiger partial charge >= 0.3 is 0 Å². The Morgan fingerprint density at radius 3 is 1.57 bits per heavy atom. The van der Waals surface area contributed by atoms with Crippen LogP contribution in [-0.4, -0.2) is 59.1 Å². The highest BCUT2D eigenvalue weighted by Crippen LogP contribution is 2.29. The molecule has 0 saturated carbocycles. The van der Waals surface area contributed by atoms with Gasteiger partial charge in [0.2, 0.25) is 11.4 Å². The molecule has 0 spiro atoms. The number of ether oxygens (including phenoxy) is 1. The lowest BCUT2D eigenvalue weighted by Gasteiger charge is -2.13. The fraction of sp³-hybridized carbons (Fsp3) is 0.167. The van der Waals surface area contributed by atoms with E-state index in [0.29, 0.717) is 56.0 Å². The Morgan fingerprint density at radius 2 is 1.05 bits per heavy atom. The molecule has 0 radical (unpaired) electrons. The van der Waals surface area contributed by atoms with Gasteiger partial charge in [-0.25, -0.2) is 4.98 Å². The molecule has 6 heterocycles. The minimum Gasteiger partial charge on any atom is -0.475 e. The van der Waals surface area contributed by atoms with Crippen LogP contribution >= 0.6 is 54.5 Å². The second kappa shape index (κ2) is 19.0. The topological polar surface area (TPSA) is 160 Å². The number of nitrogens with zero attached hydrogens (tertiary/aromatic N) is 9. The fourth-order valence-corrected chi connectivity index (χ4v) is 7.65. The number of fused-ring (bicyclic) bond motifs is 4. The lowest BCUT2D eigenvalue weighted by atomic mass is 10.1. The summed E-state index contributed by atoms with van der Waals surface area (Å²) in [5.41, 5.74) is 6.51. The van der Waals surface area contributed by atoms with Gasteiger partial charge in [0.25, 0.3) is 11.1 Å². The van der Waals surface area contributed by atoms with Crippen LogP contribution in [0.2, 0.25) is 0 Å². The van der Waals surface area contributed by atoms with Gasteiger partial charge in [0, 0.05) is 62.3 Å². The summed E-state index contributed by atoms with van der Waals surface area (Å²) in [5.74, 6) is 0.460. The van der Waals surface area contributed by atoms with Crippen molar-refractivity contribution in [2.75, 3.05) is 0 Å². The first-order valence-electron chi connectivity index (χ1n) is 20.4. The second-order valence-corrected chi connectivity index (χ2v) is 19.9. The molecule has 65 heavy (non-hydrogen) atoms. The molecule has 0 aliphatic rings. The van der Waals surface area contributed by atoms with E-state index in [9.17, 15) is 14.4 Å². The molecule has 0 bridgehead atoms. The number of halogens is 3. The zero-order chi connectivity index (χ0) is 46.1. The van der Waals surface area contributed by atoms with Gasteiger partial charge in [0.1, 0.15) is 16.6 Å². The number of aromatic nitrogens is 10. The molecule has 10 aromatic rings. The number of H-pyrrole nitrogens is 1. The number of aromatic amines is 1. The molecule has 1 N–H and O–H groups in total. The van der Waals surface area contributed by atoms with Crippen LogP contribution in [0.4, 0.5) is 0 Å². The lowest BCUT2D eigenvalue weighted by Crippen LogP contribution is -2.24. The van der Waals surface area contributed by atoms with E-state index < -0.39 is 0 Å². The normalized spacial score (nSPS) is 11.3. The van der Waals surface area contributed by atoms with Crippen molar-refractivity contribution < 1.29 is 4.74 Å². The second-order valence-electron chi connectivity index (χ2n) is 15.6. The Kier molecular flexibility index (Phi) is 13.3. The summed E-state index contributed by atoms with van der Waals surface area (Å²) in [5, 5.41) is 19.7. The minimum absolute atomic E-state index is 0.0318. The average Bonchev–Trinajstić information content (AvgIpc) is 3.83. The van der Waals surface area contributed by atoms with Crippen molar-refractivity contribution in [3.8, 4) is 39.5 Å². The van der Waals surface area contributed by atoms with Crippen molar-refractivity contribution in [2.45, 2.75) is 37.7 Å². The standard InChI is InChI=1S/C24H20BrN5O2.C21H14BrN5O2.C3H7I/c1-14(2)32-21-11-10-20-23(26-21)22(15-4-6-17(25)7-5-15)24(31)30(28-20)18-8-9-19-16(12-18)13-29(3)27-19;1-26-11-13-10-15(6-7-16(13)24-26)27-21(29)19(12-2-4-14(22)5-3-12)20-17(25-27)8-9-18(28)23-20;1-3(2)4/h4-14H,1-3H3;2-11H,1H3,(H,23,28);3H,1-2H3. The number of rotatable bonds is 6. The van der Waals surface area contributed by atoms with Crippen LogP contribution in [-0.2, 0) is 14.1 Å². The van der Waals surface area contributed by atoms with Crippen LogP contribution in [0, 0.1) is 0 Å². The van der Waals surface area contributed by atoms with Gasteiger partial charge in [-0.15, -0.1) is 0 Å². The van der Waals surface area contributed by atoms with Crippen LogP contribution in [0.3, 0.4) is 0 Å². The Morgan fingerprint density at radius 1 is 0.585 bits per heavy atom. The van der Waals surface area contributed by atoms with E-state index in [2.05, 4.69) is 98.7 Å². The molecule has 0 saturated heterocycles. The molecular weight excluding hydrogens is 1070 g/mol. The number of benzene rings is 4. The predicted molar refractivity (Wildman–Crippen MR) is 273 cm³/mol. The highest BCUT2D eigenvalue weighted by atomic mass is 127. The van der Waals surface area contributed by atoms with Crippen LogP contribution in [0.5, 0.6) is 5.88 Å². The molecule has 0 amide bonds. The number of hydrogen-bond acceptors (Lipinski definition) is 9. The van der Waals surface area contributed by atoms with Crippen molar-refractivity contribution in [2.24, 2.45) is 14.1 Å². The summed E-state index contributed by atoms with van der Waals surface area (Å²) in [6.45, 7) is 8.18. The fourth-order valence-electron chi connectivity index (χ4n) is 7.12. The number of pyridine rings is 2. The summed E-state index contributed by atoms with van der Waals surface area (Å²) in [6, 6.07) is 32.8. The van der Waals surface area contributed by atoms with E-state index in [1.54, 1.807) is 21.5 Å². The highest BCUT2D eigenvalue weighted by molar-refractivity contribution is 14.1. The quantitative estimate of drug-likeness (QED) is 0.126. The maximum Gasteiger partial charge on any atom is 0.281 e. The van der Waals surface area contributed by atoms with Crippen molar-refractivity contribution in [1.29, 1.82) is 0 Å². The monoisotopic (exact) mass is 1110 g/mol. The van der Waals surface area contributed by atoms with E-state index in [-0.39, 0.29) is 22.8 Å². The van der Waals surface area contributed by atoms with Gasteiger partial charge in [-0.2, -0.15) is 29.8 Å². The van der Waals surface area contributed by atoms with Crippen molar-refractivity contribution in [3.05, 3.63) is 162 Å². The molecule has 14 nitrogen and oxygen atoms in total. The van der Waals surface area contributed by atoms with Crippen LogP contribution < -0.4 is 21.4 Å². The molecular formula is C48H41Br2IN10O4. The van der Waals surface area contributed by atoms with Crippen LogP contribution in [0.1, 0.15) is 27.7 Å². The van der Waals surface area contributed by atoms with E-state index in [1.165, 1.54) is 15.4 Å². The minimum atomic E-state index is -0.315. The van der Waals surface area contributed by atoms with Gasteiger partial charge in [0.15, 0.2) is 0 Å². The van der Waals surface area contributed by atoms with Gasteiger partial charge in [-0.1, -0.05) is 92.6 Å². The van der Waals surface area contributed by atoms with E-state index in [4.69, 9.17) is 4.74 Å². The van der Waals surface area contributed by atoms with Gasteiger partial charge in [0.05, 0.1) is 45.2 Å². The summed E-state index contributed by atoms with van der Waals surface area (Å²) in [4.78, 5) is 46.5. The molecule has 0 fully saturated rings. The third kappa shape index (κ3) is 10.0. The third-order valence-electron chi connectivity index (χ3n) is 9.78. The van der Waals surface area contributed by atoms with Crippen molar-refractivity contribution in [3.63, 3.8) is 0 Å². The molecule has 17 heteroatoms. The number of aryl methyl sites for hydroxylation is 2. The predicted octanol–water partition coefficient (Wildman–Crippen LogP) is 10.1. The Balaban J connectivity index is 0.000000165. The maximum absolute atomic E-state index is 13.7. The van der Waals surface area contributed by atoms with E-state index in [0.717, 1.165) is 40.2 Å². The third-order valence-corrected chi connectivity index (χ3v) is 10.8. The zero-order valence-electron chi connectivity index (χ0n) is 36.0. The molecule has 328 valence electrons. The van der Waals surface area contributed by atoms with Gasteiger partial charge in [-0.05, 0) is 97.8 Å². The molecule has 0 aliphatic heterocycles. The van der Waals surface area contributed by atoms with Crippen LogP contribution in [0.25, 0.3) is 77.5 Å². The van der Waals surface area contributed by atoms with Gasteiger partial charge < -0.3 is 9.72 Å². The van der Waals surface area contributed by atoms with Crippen LogP contribution in [0.15, 0.2) is 145 Å².